The molecule has 1 aromatic heterocycles. The number of H-pyrrole nitrogens is 1. The molecular formula is C23H25N3O4. The Morgan fingerprint density at radius 3 is 2.77 bits per heavy atom. The maximum atomic E-state index is 13.1. The minimum Gasteiger partial charge on any atom is -0.433 e. The average molecular weight is 407 g/mol. The SMILES string of the molecule is CC(Cc1c[nH]c2ccccc12)(OC(N)=O)C(=O)NCC1(O)CCc2ccccc21. The quantitative estimate of drug-likeness (QED) is 0.502. The van der Waals surface area contributed by atoms with E-state index in [1.165, 1.54) is 6.92 Å². The van der Waals surface area contributed by atoms with Gasteiger partial charge in [0.1, 0.15) is 5.60 Å². The van der Waals surface area contributed by atoms with Crippen LogP contribution in [-0.4, -0.2) is 34.2 Å². The van der Waals surface area contributed by atoms with Crippen molar-refractivity contribution < 1.29 is 19.4 Å². The minimum atomic E-state index is -1.52. The minimum absolute atomic E-state index is 0.0223. The summed E-state index contributed by atoms with van der Waals surface area (Å²) in [7, 11) is 0. The van der Waals surface area contributed by atoms with Crippen molar-refractivity contribution >= 4 is 22.9 Å². The molecule has 0 spiro atoms. The van der Waals surface area contributed by atoms with Gasteiger partial charge in [-0.05, 0) is 42.5 Å². The number of benzene rings is 2. The van der Waals surface area contributed by atoms with Crippen LogP contribution in [0.1, 0.15) is 30.0 Å². The number of rotatable bonds is 6. The zero-order valence-electron chi connectivity index (χ0n) is 16.8. The van der Waals surface area contributed by atoms with Crippen LogP contribution >= 0.6 is 0 Å². The fourth-order valence-corrected chi connectivity index (χ4v) is 4.29. The highest BCUT2D eigenvalue weighted by Gasteiger charge is 2.41. The van der Waals surface area contributed by atoms with Crippen LogP contribution in [0.15, 0.2) is 54.7 Å². The molecule has 0 bridgehead atoms. The van der Waals surface area contributed by atoms with E-state index in [0.717, 1.165) is 34.0 Å². The second kappa shape index (κ2) is 7.50. The summed E-state index contributed by atoms with van der Waals surface area (Å²) in [5.41, 5.74) is 6.24. The van der Waals surface area contributed by atoms with Crippen LogP contribution in [0.4, 0.5) is 4.79 Å². The van der Waals surface area contributed by atoms with Crippen LogP contribution in [0.3, 0.4) is 0 Å². The van der Waals surface area contributed by atoms with Crippen molar-refractivity contribution in [3.63, 3.8) is 0 Å². The molecule has 0 fully saturated rings. The molecule has 0 radical (unpaired) electrons. The van der Waals surface area contributed by atoms with E-state index in [1.54, 1.807) is 6.20 Å². The molecule has 1 heterocycles. The highest BCUT2D eigenvalue weighted by Crippen LogP contribution is 2.36. The second-order valence-electron chi connectivity index (χ2n) is 8.06. The van der Waals surface area contributed by atoms with E-state index < -0.39 is 23.2 Å². The average Bonchev–Trinajstić information content (AvgIpc) is 3.28. The molecule has 7 heteroatoms. The van der Waals surface area contributed by atoms with Crippen molar-refractivity contribution in [3.05, 3.63) is 71.4 Å². The highest BCUT2D eigenvalue weighted by molar-refractivity contribution is 5.89. The van der Waals surface area contributed by atoms with Crippen molar-refractivity contribution in [1.29, 1.82) is 0 Å². The van der Waals surface area contributed by atoms with Crippen molar-refractivity contribution in [2.24, 2.45) is 5.73 Å². The number of carbonyl (C=O) groups is 2. The zero-order valence-corrected chi connectivity index (χ0v) is 16.8. The molecule has 0 saturated heterocycles. The van der Waals surface area contributed by atoms with Gasteiger partial charge in [0.2, 0.25) is 0 Å². The van der Waals surface area contributed by atoms with E-state index in [2.05, 4.69) is 10.3 Å². The van der Waals surface area contributed by atoms with E-state index in [-0.39, 0.29) is 13.0 Å². The van der Waals surface area contributed by atoms with Crippen LogP contribution in [0.2, 0.25) is 0 Å². The smallest absolute Gasteiger partial charge is 0.405 e. The monoisotopic (exact) mass is 407 g/mol. The Hall–Kier alpha value is -3.32. The number of aromatic nitrogens is 1. The van der Waals surface area contributed by atoms with Gasteiger partial charge in [-0.15, -0.1) is 0 Å². The Balaban J connectivity index is 1.54. The molecule has 2 aromatic carbocycles. The third kappa shape index (κ3) is 3.64. The Bertz CT molecular complexity index is 1110. The number of amides is 2. The fourth-order valence-electron chi connectivity index (χ4n) is 4.29. The molecule has 156 valence electrons. The van der Waals surface area contributed by atoms with Gasteiger partial charge in [0.05, 0.1) is 6.54 Å². The predicted octanol–water partition coefficient (Wildman–Crippen LogP) is 2.51. The molecule has 0 saturated carbocycles. The Labute approximate surface area is 174 Å². The molecule has 5 N–H and O–H groups in total. The van der Waals surface area contributed by atoms with Gasteiger partial charge in [-0.3, -0.25) is 4.79 Å². The highest BCUT2D eigenvalue weighted by atomic mass is 16.6. The third-order valence-corrected chi connectivity index (χ3v) is 5.88. The van der Waals surface area contributed by atoms with Crippen molar-refractivity contribution in [2.75, 3.05) is 6.54 Å². The largest absolute Gasteiger partial charge is 0.433 e. The summed E-state index contributed by atoms with van der Waals surface area (Å²) in [6.45, 7) is 1.55. The van der Waals surface area contributed by atoms with Crippen LogP contribution in [0.25, 0.3) is 10.9 Å². The van der Waals surface area contributed by atoms with Gasteiger partial charge in [0.15, 0.2) is 5.60 Å². The maximum Gasteiger partial charge on any atom is 0.405 e. The van der Waals surface area contributed by atoms with Gasteiger partial charge < -0.3 is 25.9 Å². The van der Waals surface area contributed by atoms with Crippen LogP contribution < -0.4 is 11.1 Å². The first kappa shape index (κ1) is 20.0. The molecule has 2 unspecified atom stereocenters. The van der Waals surface area contributed by atoms with Crippen molar-refractivity contribution in [3.8, 4) is 0 Å². The number of fused-ring (bicyclic) bond motifs is 2. The zero-order chi connectivity index (χ0) is 21.4. The van der Waals surface area contributed by atoms with Gasteiger partial charge in [0.25, 0.3) is 5.91 Å². The predicted molar refractivity (Wildman–Crippen MR) is 113 cm³/mol. The van der Waals surface area contributed by atoms with Crippen molar-refractivity contribution in [1.82, 2.24) is 10.3 Å². The Kier molecular flexibility index (Phi) is 4.99. The van der Waals surface area contributed by atoms with Crippen LogP contribution in [-0.2, 0) is 28.0 Å². The number of aryl methyl sites for hydroxylation is 1. The maximum absolute atomic E-state index is 13.1. The summed E-state index contributed by atoms with van der Waals surface area (Å²) < 4.78 is 5.27. The standard InChI is InChI=1S/C23H25N3O4/c1-22(30-21(24)28,12-16-13-25-19-9-5-3-7-17(16)19)20(27)26-14-23(29)11-10-15-6-2-4-8-18(15)23/h2-9,13,25,29H,10-12,14H2,1H3,(H2,24,28)(H,26,27). The summed E-state index contributed by atoms with van der Waals surface area (Å²) in [4.78, 5) is 27.8. The van der Waals surface area contributed by atoms with Crippen molar-refractivity contribution in [2.45, 2.75) is 37.4 Å². The molecule has 3 aromatic rings. The van der Waals surface area contributed by atoms with E-state index >= 15 is 0 Å². The normalized spacial score (nSPS) is 19.8. The molecule has 2 amide bonds. The third-order valence-electron chi connectivity index (χ3n) is 5.88. The first-order valence-electron chi connectivity index (χ1n) is 9.93. The number of nitrogens with one attached hydrogen (secondary N) is 2. The first-order valence-corrected chi connectivity index (χ1v) is 9.93. The molecule has 1 aliphatic carbocycles. The van der Waals surface area contributed by atoms with Gasteiger partial charge >= 0.3 is 6.09 Å². The lowest BCUT2D eigenvalue weighted by atomic mass is 9.93. The van der Waals surface area contributed by atoms with Gasteiger partial charge in [-0.25, -0.2) is 4.79 Å². The molecule has 0 aliphatic heterocycles. The topological polar surface area (TPSA) is 117 Å². The molecule has 4 rings (SSSR count). The number of aromatic amines is 1. The van der Waals surface area contributed by atoms with Crippen LogP contribution in [0.5, 0.6) is 0 Å². The molecule has 7 nitrogen and oxygen atoms in total. The first-order chi connectivity index (χ1) is 14.3. The molecule has 30 heavy (non-hydrogen) atoms. The Morgan fingerprint density at radius 2 is 1.97 bits per heavy atom. The molecule has 2 atom stereocenters. The second-order valence-corrected chi connectivity index (χ2v) is 8.06. The number of nitrogens with two attached hydrogens (primary N) is 1. The number of carbonyl (C=O) groups excluding carboxylic acids is 2. The summed E-state index contributed by atoms with van der Waals surface area (Å²) in [6, 6.07) is 15.3. The number of hydrogen-bond acceptors (Lipinski definition) is 4. The molecule has 1 aliphatic rings. The van der Waals surface area contributed by atoms with Gasteiger partial charge in [0, 0.05) is 23.5 Å². The summed E-state index contributed by atoms with van der Waals surface area (Å²) in [6.07, 6.45) is 2.16. The van der Waals surface area contributed by atoms with E-state index in [1.807, 2.05) is 48.5 Å². The number of ether oxygens (including phenoxy) is 1. The molecular weight excluding hydrogens is 382 g/mol. The van der Waals surface area contributed by atoms with E-state index in [4.69, 9.17) is 10.5 Å². The lowest BCUT2D eigenvalue weighted by molar-refractivity contribution is -0.139. The van der Waals surface area contributed by atoms with E-state index in [9.17, 15) is 14.7 Å². The fraction of sp³-hybridized carbons (Fsp3) is 0.304. The van der Waals surface area contributed by atoms with Gasteiger partial charge in [-0.1, -0.05) is 42.5 Å². The van der Waals surface area contributed by atoms with E-state index in [0.29, 0.717) is 6.42 Å². The lowest BCUT2D eigenvalue weighted by Gasteiger charge is -2.30. The Morgan fingerprint density at radius 1 is 1.23 bits per heavy atom. The summed E-state index contributed by atoms with van der Waals surface area (Å²) in [5.74, 6) is -0.510. The number of para-hydroxylation sites is 1. The van der Waals surface area contributed by atoms with Crippen LogP contribution in [0, 0.1) is 0 Å². The summed E-state index contributed by atoms with van der Waals surface area (Å²) >= 11 is 0. The number of hydrogen-bond donors (Lipinski definition) is 4. The van der Waals surface area contributed by atoms with Gasteiger partial charge in [-0.2, -0.15) is 0 Å². The lowest BCUT2D eigenvalue weighted by Crippen LogP contribution is -2.53. The summed E-state index contributed by atoms with van der Waals surface area (Å²) in [5, 5.41) is 14.8. The number of aliphatic hydroxyl groups is 1. The number of primary amides is 1.